The Morgan fingerprint density at radius 2 is 1.95 bits per heavy atom. The molecule has 0 aromatic rings. The largest absolute Gasteiger partial charge is 0.381 e. The summed E-state index contributed by atoms with van der Waals surface area (Å²) in [5.41, 5.74) is -1.71. The second kappa shape index (κ2) is 5.55. The number of hydrogen-bond donors (Lipinski definition) is 2. The second-order valence-electron chi connectivity index (χ2n) is 5.20. The summed E-state index contributed by atoms with van der Waals surface area (Å²) in [5.74, 6) is -0.775. The lowest BCUT2D eigenvalue weighted by atomic mass is 9.93. The molecule has 2 saturated heterocycles. The first-order valence-corrected chi connectivity index (χ1v) is 10.3. The van der Waals surface area contributed by atoms with Gasteiger partial charge in [-0.05, 0) is 13.0 Å². The molecule has 2 rings (SSSR count). The van der Waals surface area contributed by atoms with Gasteiger partial charge in [0.2, 0.25) is 0 Å². The highest BCUT2D eigenvalue weighted by Gasteiger charge is 2.71. The molecule has 2 aliphatic rings. The molecule has 5 unspecified atom stereocenters. The monoisotopic (exact) mass is 415 g/mol. The van der Waals surface area contributed by atoms with Crippen molar-refractivity contribution < 1.29 is 18.3 Å². The van der Waals surface area contributed by atoms with Crippen LogP contribution in [0.1, 0.15) is 6.42 Å². The molecule has 2 fully saturated rings. The van der Waals surface area contributed by atoms with Crippen LogP contribution in [0.3, 0.4) is 0 Å². The Hall–Kier alpha value is 1.05. The highest BCUT2D eigenvalue weighted by Crippen LogP contribution is 2.61. The summed E-state index contributed by atoms with van der Waals surface area (Å²) in [5, 5.41) is 11.7. The van der Waals surface area contributed by atoms with E-state index in [1.165, 1.54) is 0 Å². The maximum atomic E-state index is 12.6. The normalized spacial score (nSPS) is 47.7. The van der Waals surface area contributed by atoms with Gasteiger partial charge >= 0.3 is 0 Å². The van der Waals surface area contributed by atoms with Gasteiger partial charge in [0.15, 0.2) is 24.0 Å². The predicted molar refractivity (Wildman–Crippen MR) is 86.3 cm³/mol. The Balaban J connectivity index is 2.44. The zero-order valence-corrected chi connectivity index (χ0v) is 15.4. The van der Waals surface area contributed by atoms with E-state index in [0.717, 1.165) is 6.26 Å². The molecule has 0 amide bonds. The molecule has 0 aliphatic carbocycles. The number of aliphatic hydroxyl groups is 1. The number of thioether (sulfide) groups is 1. The van der Waals surface area contributed by atoms with Gasteiger partial charge in [0.1, 0.15) is 15.7 Å². The molecule has 2 N–H and O–H groups in total. The molecule has 5 nitrogen and oxygen atoms in total. The molecule has 0 aromatic carbocycles. The van der Waals surface area contributed by atoms with Crippen molar-refractivity contribution >= 4 is 73.8 Å². The first-order valence-electron chi connectivity index (χ1n) is 5.91. The van der Waals surface area contributed by atoms with Gasteiger partial charge in [-0.1, -0.05) is 23.2 Å². The maximum Gasteiger partial charge on any atom is 0.198 e. The zero-order valence-electron chi connectivity index (χ0n) is 10.8. The first kappa shape index (κ1) is 18.4. The Morgan fingerprint density at radius 3 is 2.33 bits per heavy atom. The van der Waals surface area contributed by atoms with E-state index in [0.29, 0.717) is 18.3 Å². The number of hydrogen-bond acceptors (Lipinski definition) is 6. The quantitative estimate of drug-likeness (QED) is 0.670. The lowest BCUT2D eigenvalue weighted by Gasteiger charge is -2.33. The molecule has 11 heteroatoms. The number of alkyl halides is 4. The van der Waals surface area contributed by atoms with E-state index in [1.54, 1.807) is 0 Å². The van der Waals surface area contributed by atoms with Gasteiger partial charge in [-0.2, -0.15) is 0 Å². The number of carbonyl (C=O) groups excluding carboxylic acids is 1. The minimum atomic E-state index is -3.90. The molecule has 0 aromatic heterocycles. The van der Waals surface area contributed by atoms with Crippen molar-refractivity contribution in [2.24, 2.45) is 0 Å². The van der Waals surface area contributed by atoms with Crippen LogP contribution in [-0.4, -0.2) is 62.8 Å². The number of rotatable bonds is 3. The van der Waals surface area contributed by atoms with Crippen molar-refractivity contribution in [3.05, 3.63) is 0 Å². The summed E-state index contributed by atoms with van der Waals surface area (Å²) < 4.78 is 18.6. The average molecular weight is 417 g/mol. The summed E-state index contributed by atoms with van der Waals surface area (Å²) in [6.45, 7) is 0.459. The molecular weight excluding hydrogens is 404 g/mol. The van der Waals surface area contributed by atoms with E-state index in [2.05, 4.69) is 5.32 Å². The molecule has 21 heavy (non-hydrogen) atoms. The van der Waals surface area contributed by atoms with Gasteiger partial charge in [0, 0.05) is 12.8 Å². The molecule has 0 radical (unpaired) electrons. The Kier molecular flexibility index (Phi) is 4.86. The highest BCUT2D eigenvalue weighted by molar-refractivity contribution is 8.07. The fourth-order valence-electron chi connectivity index (χ4n) is 2.37. The summed E-state index contributed by atoms with van der Waals surface area (Å²) in [7, 11) is -3.90. The van der Waals surface area contributed by atoms with Crippen LogP contribution >= 0.6 is 58.2 Å². The van der Waals surface area contributed by atoms with E-state index >= 15 is 0 Å². The van der Waals surface area contributed by atoms with E-state index < -0.39 is 39.7 Å². The molecule has 0 saturated carbocycles. The summed E-state index contributed by atoms with van der Waals surface area (Å²) in [6, 6.07) is 0. The summed E-state index contributed by atoms with van der Waals surface area (Å²) >= 11 is 25.2. The number of β-amino-alcohol motifs (C(OH)–C–C–N with tert-alkyl or cyclic N) is 1. The molecule has 2 heterocycles. The van der Waals surface area contributed by atoms with Crippen LogP contribution in [0.5, 0.6) is 0 Å². The van der Waals surface area contributed by atoms with Crippen molar-refractivity contribution in [1.82, 2.24) is 5.32 Å². The van der Waals surface area contributed by atoms with Crippen molar-refractivity contribution in [1.29, 1.82) is 0 Å². The molecular formula is C10H13Cl4NO4S2. The standard InChI is InChI=1S/C10H13Cl4NO4S2/c1-21(18,19)10(14)5(11)9(13,20-7(10)12)6(16)8(17)2-3-15-4-8/h5,7,15,17H,2-4H2,1H3. The van der Waals surface area contributed by atoms with Crippen LogP contribution in [0.15, 0.2) is 0 Å². The van der Waals surface area contributed by atoms with Crippen LogP contribution < -0.4 is 5.32 Å². The number of nitrogens with one attached hydrogen (secondary N) is 1. The Morgan fingerprint density at radius 1 is 1.38 bits per heavy atom. The zero-order chi connectivity index (χ0) is 16.3. The SMILES string of the molecule is CS(=O)(=O)C1(Cl)C(Cl)SC(Cl)(C(=O)C2(O)CCNC2)C1Cl. The fourth-order valence-corrected chi connectivity index (χ4v) is 8.48. The highest BCUT2D eigenvalue weighted by atomic mass is 35.5. The fraction of sp³-hybridized carbons (Fsp3) is 0.900. The van der Waals surface area contributed by atoms with Gasteiger partial charge in [-0.25, -0.2) is 8.42 Å². The lowest BCUT2D eigenvalue weighted by Crippen LogP contribution is -2.56. The van der Waals surface area contributed by atoms with E-state index in [1.807, 2.05) is 0 Å². The lowest BCUT2D eigenvalue weighted by molar-refractivity contribution is -0.135. The number of carbonyl (C=O) groups is 1. The maximum absolute atomic E-state index is 12.6. The minimum absolute atomic E-state index is 0.0194. The van der Waals surface area contributed by atoms with Crippen LogP contribution in [0.2, 0.25) is 0 Å². The smallest absolute Gasteiger partial charge is 0.198 e. The molecule has 5 atom stereocenters. The number of ketones is 1. The Labute approximate surface area is 146 Å². The summed E-state index contributed by atoms with van der Waals surface area (Å²) in [6.07, 6.45) is 1.04. The van der Waals surface area contributed by atoms with Crippen molar-refractivity contribution in [2.75, 3.05) is 19.3 Å². The predicted octanol–water partition coefficient (Wildman–Crippen LogP) is 1.11. The van der Waals surface area contributed by atoms with Gasteiger partial charge < -0.3 is 10.4 Å². The second-order valence-corrected chi connectivity index (χ2v) is 11.6. The Bertz CT molecular complexity index is 567. The summed E-state index contributed by atoms with van der Waals surface area (Å²) in [4.78, 5) is 12.6. The third kappa shape index (κ3) is 2.61. The van der Waals surface area contributed by atoms with Crippen LogP contribution in [0, 0.1) is 0 Å². The van der Waals surface area contributed by atoms with Crippen molar-refractivity contribution in [3.63, 3.8) is 0 Å². The van der Waals surface area contributed by atoms with Gasteiger partial charge in [0.25, 0.3) is 0 Å². The van der Waals surface area contributed by atoms with Gasteiger partial charge in [0.05, 0.1) is 0 Å². The van der Waals surface area contributed by atoms with Crippen molar-refractivity contribution in [2.45, 2.75) is 30.5 Å². The molecule has 2 aliphatic heterocycles. The molecule has 122 valence electrons. The van der Waals surface area contributed by atoms with Crippen LogP contribution in [-0.2, 0) is 14.6 Å². The molecule has 0 bridgehead atoms. The third-order valence-corrected chi connectivity index (χ3v) is 10.9. The minimum Gasteiger partial charge on any atom is -0.381 e. The van der Waals surface area contributed by atoms with Gasteiger partial charge in [-0.15, -0.1) is 35.0 Å². The van der Waals surface area contributed by atoms with Crippen LogP contribution in [0.25, 0.3) is 0 Å². The average Bonchev–Trinajstić information content (AvgIpc) is 2.88. The molecule has 0 spiro atoms. The topological polar surface area (TPSA) is 83.5 Å². The van der Waals surface area contributed by atoms with E-state index in [9.17, 15) is 18.3 Å². The number of halogens is 4. The first-order chi connectivity index (χ1) is 9.39. The number of Topliss-reactive ketones (excluding diaryl/α,β-unsaturated/α-hetero) is 1. The van der Waals surface area contributed by atoms with E-state index in [-0.39, 0.29) is 13.0 Å². The number of sulfone groups is 1. The van der Waals surface area contributed by atoms with Gasteiger partial charge in [-0.3, -0.25) is 4.79 Å². The van der Waals surface area contributed by atoms with Crippen molar-refractivity contribution in [3.8, 4) is 0 Å². The van der Waals surface area contributed by atoms with Crippen LogP contribution in [0.4, 0.5) is 0 Å². The third-order valence-electron chi connectivity index (χ3n) is 3.69. The van der Waals surface area contributed by atoms with E-state index in [4.69, 9.17) is 46.4 Å².